The van der Waals surface area contributed by atoms with Crippen LogP contribution < -0.4 is 10.3 Å². The van der Waals surface area contributed by atoms with E-state index in [1.165, 1.54) is 10.1 Å². The Balaban J connectivity index is 1.40. The first-order valence-electron chi connectivity index (χ1n) is 11.7. The summed E-state index contributed by atoms with van der Waals surface area (Å²) in [5.41, 5.74) is 2.30. The Morgan fingerprint density at radius 3 is 2.69 bits per heavy atom. The van der Waals surface area contributed by atoms with Gasteiger partial charge < -0.3 is 4.74 Å². The summed E-state index contributed by atoms with van der Waals surface area (Å²) in [7, 11) is 0. The van der Waals surface area contributed by atoms with Gasteiger partial charge in [0.15, 0.2) is 0 Å². The molecule has 0 aliphatic rings. The van der Waals surface area contributed by atoms with E-state index in [1.54, 1.807) is 18.3 Å². The molecule has 5 nitrogen and oxygen atoms in total. The van der Waals surface area contributed by atoms with Crippen LogP contribution in [0.4, 0.5) is 0 Å². The van der Waals surface area contributed by atoms with Gasteiger partial charge in [0.2, 0.25) is 0 Å². The maximum atomic E-state index is 13.2. The fourth-order valence-electron chi connectivity index (χ4n) is 4.11. The number of hydrogen-bond donors (Lipinski definition) is 0. The lowest BCUT2D eigenvalue weighted by Crippen LogP contribution is -2.22. The summed E-state index contributed by atoms with van der Waals surface area (Å²) in [5, 5.41) is 7.79. The number of aromatic nitrogens is 2. The van der Waals surface area contributed by atoms with Crippen molar-refractivity contribution in [3.63, 3.8) is 0 Å². The Labute approximate surface area is 222 Å². The van der Waals surface area contributed by atoms with Crippen molar-refractivity contribution in [1.82, 2.24) is 9.66 Å². The fourth-order valence-corrected chi connectivity index (χ4v) is 4.72. The van der Waals surface area contributed by atoms with E-state index in [9.17, 15) is 4.79 Å². The Hall–Kier alpha value is -3.48. The predicted molar refractivity (Wildman–Crippen MR) is 150 cm³/mol. The van der Waals surface area contributed by atoms with Crippen LogP contribution in [0.1, 0.15) is 30.3 Å². The third kappa shape index (κ3) is 5.06. The number of hydrogen-bond acceptors (Lipinski definition) is 4. The molecule has 0 N–H and O–H groups in total. The first kappa shape index (κ1) is 24.2. The smallest absolute Gasteiger partial charge is 0.282 e. The summed E-state index contributed by atoms with van der Waals surface area (Å²) in [4.78, 5) is 17.8. The summed E-state index contributed by atoms with van der Waals surface area (Å²) in [6.07, 6.45) is 3.10. The number of halogens is 2. The highest BCUT2D eigenvalue weighted by molar-refractivity contribution is 9.10. The molecule has 0 spiro atoms. The highest BCUT2D eigenvalue weighted by Crippen LogP contribution is 2.27. The molecule has 0 amide bonds. The second kappa shape index (κ2) is 10.6. The second-order valence-electron chi connectivity index (χ2n) is 8.42. The zero-order valence-electron chi connectivity index (χ0n) is 19.6. The van der Waals surface area contributed by atoms with Crippen LogP contribution in [0.25, 0.3) is 21.7 Å². The van der Waals surface area contributed by atoms with Crippen molar-refractivity contribution in [2.24, 2.45) is 5.10 Å². The van der Waals surface area contributed by atoms with E-state index in [0.29, 0.717) is 40.5 Å². The van der Waals surface area contributed by atoms with E-state index in [-0.39, 0.29) is 5.56 Å². The first-order chi connectivity index (χ1) is 17.5. The van der Waals surface area contributed by atoms with Gasteiger partial charge in [-0.15, -0.1) is 0 Å². The number of benzene rings is 4. The largest absolute Gasteiger partial charge is 0.487 e. The van der Waals surface area contributed by atoms with Crippen LogP contribution in [0.5, 0.6) is 5.75 Å². The van der Waals surface area contributed by atoms with Gasteiger partial charge in [-0.2, -0.15) is 9.78 Å². The van der Waals surface area contributed by atoms with Crippen LogP contribution in [-0.4, -0.2) is 15.9 Å². The number of nitrogens with zero attached hydrogens (tertiary/aromatic N) is 3. The third-order valence-corrected chi connectivity index (χ3v) is 6.68. The average Bonchev–Trinajstić information content (AvgIpc) is 2.88. The van der Waals surface area contributed by atoms with Gasteiger partial charge in [-0.25, -0.2) is 4.98 Å². The van der Waals surface area contributed by atoms with Gasteiger partial charge in [-0.05, 0) is 64.7 Å². The molecule has 5 rings (SSSR count). The lowest BCUT2D eigenvalue weighted by atomic mass is 10.1. The van der Waals surface area contributed by atoms with E-state index in [1.807, 2.05) is 49.4 Å². The molecule has 180 valence electrons. The van der Waals surface area contributed by atoms with Gasteiger partial charge in [-0.1, -0.05) is 76.9 Å². The van der Waals surface area contributed by atoms with E-state index in [0.717, 1.165) is 27.4 Å². The molecule has 1 aromatic heterocycles. The van der Waals surface area contributed by atoms with Gasteiger partial charge in [0.05, 0.1) is 22.1 Å². The van der Waals surface area contributed by atoms with Gasteiger partial charge in [0.1, 0.15) is 18.2 Å². The minimum absolute atomic E-state index is 0.206. The molecule has 5 aromatic rings. The van der Waals surface area contributed by atoms with E-state index in [2.05, 4.69) is 50.3 Å². The van der Waals surface area contributed by atoms with Crippen molar-refractivity contribution in [2.75, 3.05) is 0 Å². The van der Waals surface area contributed by atoms with Crippen LogP contribution in [0, 0.1) is 0 Å². The number of aryl methyl sites for hydroxylation is 1. The first-order valence-corrected chi connectivity index (χ1v) is 12.8. The van der Waals surface area contributed by atoms with E-state index in [4.69, 9.17) is 16.3 Å². The lowest BCUT2D eigenvalue weighted by molar-refractivity contribution is 0.308. The Morgan fingerprint density at radius 1 is 1.03 bits per heavy atom. The molecule has 0 aliphatic carbocycles. The van der Waals surface area contributed by atoms with Crippen molar-refractivity contribution in [2.45, 2.75) is 26.4 Å². The molecule has 0 saturated heterocycles. The van der Waals surface area contributed by atoms with Crippen molar-refractivity contribution in [3.05, 3.63) is 116 Å². The average molecular weight is 561 g/mol. The zero-order valence-corrected chi connectivity index (χ0v) is 22.0. The molecule has 0 bridgehead atoms. The molecule has 0 fully saturated rings. The van der Waals surface area contributed by atoms with Crippen molar-refractivity contribution < 1.29 is 4.74 Å². The molecule has 36 heavy (non-hydrogen) atoms. The highest BCUT2D eigenvalue weighted by Gasteiger charge is 2.11. The van der Waals surface area contributed by atoms with Crippen molar-refractivity contribution >= 4 is 55.4 Å². The monoisotopic (exact) mass is 559 g/mol. The summed E-state index contributed by atoms with van der Waals surface area (Å²) in [6.45, 7) is 2.45. The molecule has 4 aromatic carbocycles. The molecule has 0 atom stereocenters. The Kier molecular flexibility index (Phi) is 7.16. The maximum absolute atomic E-state index is 13.2. The number of rotatable bonds is 7. The Bertz CT molecular complexity index is 1660. The van der Waals surface area contributed by atoms with E-state index < -0.39 is 0 Å². The quantitative estimate of drug-likeness (QED) is 0.195. The van der Waals surface area contributed by atoms with Crippen LogP contribution in [0.3, 0.4) is 0 Å². The molecule has 0 radical (unpaired) electrons. The minimum Gasteiger partial charge on any atom is -0.487 e. The number of fused-ring (bicyclic) bond motifs is 2. The topological polar surface area (TPSA) is 56.5 Å². The molecule has 0 unspecified atom stereocenters. The summed E-state index contributed by atoms with van der Waals surface area (Å²) < 4.78 is 8.22. The van der Waals surface area contributed by atoms with Crippen molar-refractivity contribution in [1.29, 1.82) is 0 Å². The fraction of sp³-hybridized carbons (Fsp3) is 0.138. The van der Waals surface area contributed by atoms with Crippen LogP contribution in [0.15, 0.2) is 93.2 Å². The standard InChI is InChI=1S/C29H23BrClN3O2/c1-2-6-28-33-26-13-12-22(30)16-24(26)29(35)34(28)32-17-19-11-14-27(25(31)15-19)36-18-21-9-5-8-20-7-3-4-10-23(20)21/h3-5,7-17H,2,6,18H2,1H3. The van der Waals surface area contributed by atoms with Crippen molar-refractivity contribution in [3.8, 4) is 5.75 Å². The maximum Gasteiger partial charge on any atom is 0.282 e. The zero-order chi connectivity index (χ0) is 25.1. The van der Waals surface area contributed by atoms with Crippen LogP contribution in [-0.2, 0) is 13.0 Å². The van der Waals surface area contributed by atoms with Gasteiger partial charge in [0, 0.05) is 10.9 Å². The highest BCUT2D eigenvalue weighted by atomic mass is 79.9. The second-order valence-corrected chi connectivity index (χ2v) is 9.74. The summed E-state index contributed by atoms with van der Waals surface area (Å²) in [5.74, 6) is 1.21. The normalized spacial score (nSPS) is 11.5. The van der Waals surface area contributed by atoms with Crippen LogP contribution in [0.2, 0.25) is 5.02 Å². The number of ether oxygens (including phenoxy) is 1. The van der Waals surface area contributed by atoms with E-state index >= 15 is 0 Å². The van der Waals surface area contributed by atoms with Gasteiger partial charge >= 0.3 is 0 Å². The summed E-state index contributed by atoms with van der Waals surface area (Å²) in [6, 6.07) is 25.3. The third-order valence-electron chi connectivity index (χ3n) is 5.89. The molecular formula is C29H23BrClN3O2. The van der Waals surface area contributed by atoms with Gasteiger partial charge in [-0.3, -0.25) is 4.79 Å². The molecule has 7 heteroatoms. The minimum atomic E-state index is -0.206. The summed E-state index contributed by atoms with van der Waals surface area (Å²) >= 11 is 9.96. The molecular weight excluding hydrogens is 538 g/mol. The van der Waals surface area contributed by atoms with Gasteiger partial charge in [0.25, 0.3) is 5.56 Å². The predicted octanol–water partition coefficient (Wildman–Crippen LogP) is 7.38. The SMILES string of the molecule is CCCc1nc2ccc(Br)cc2c(=O)n1N=Cc1ccc(OCc2cccc3ccccc23)c(Cl)c1. The molecule has 0 aliphatic heterocycles. The van der Waals surface area contributed by atoms with Crippen LogP contribution >= 0.6 is 27.5 Å². The lowest BCUT2D eigenvalue weighted by Gasteiger charge is -2.11. The Morgan fingerprint density at radius 2 is 1.86 bits per heavy atom. The molecule has 0 saturated carbocycles. The molecule has 1 heterocycles.